The Labute approximate surface area is 165 Å². The highest BCUT2D eigenvalue weighted by Gasteiger charge is 2.25. The first-order valence-electron chi connectivity index (χ1n) is 9.00. The minimum Gasteiger partial charge on any atom is -0.381 e. The average molecular weight is 390 g/mol. The topological polar surface area (TPSA) is 84.7 Å². The monoisotopic (exact) mass is 390 g/mol. The van der Waals surface area contributed by atoms with Gasteiger partial charge < -0.3 is 10.6 Å². The molecule has 4 aromatic rings. The van der Waals surface area contributed by atoms with Crippen molar-refractivity contribution in [1.29, 1.82) is 0 Å². The Balaban J connectivity index is 1.73. The van der Waals surface area contributed by atoms with E-state index in [0.29, 0.717) is 12.2 Å². The lowest BCUT2D eigenvalue weighted by Gasteiger charge is -2.10. The second-order valence-corrected chi connectivity index (χ2v) is 7.97. The first-order chi connectivity index (χ1) is 13.6. The van der Waals surface area contributed by atoms with Crippen molar-refractivity contribution >= 4 is 50.0 Å². The van der Waals surface area contributed by atoms with Gasteiger partial charge in [0.2, 0.25) is 0 Å². The number of benzene rings is 1. The summed E-state index contributed by atoms with van der Waals surface area (Å²) in [7, 11) is 1.83. The lowest BCUT2D eigenvalue weighted by atomic mass is 10.1. The SMILES string of the molecule is C=Cc1c(-c2ccc3c(ccc4sc5c(c43)NC[C@@H](C)NC5=O)n2)nnn1C. The van der Waals surface area contributed by atoms with Crippen LogP contribution in [0.2, 0.25) is 0 Å². The lowest BCUT2D eigenvalue weighted by Crippen LogP contribution is -2.34. The number of thiophene rings is 1. The summed E-state index contributed by atoms with van der Waals surface area (Å²) in [6, 6.07) is 8.08. The molecular weight excluding hydrogens is 372 g/mol. The summed E-state index contributed by atoms with van der Waals surface area (Å²) in [5.41, 5.74) is 4.02. The van der Waals surface area contributed by atoms with Crippen LogP contribution in [0.25, 0.3) is 38.5 Å². The molecule has 8 heteroatoms. The maximum atomic E-state index is 12.6. The van der Waals surface area contributed by atoms with Gasteiger partial charge in [-0.2, -0.15) is 0 Å². The Kier molecular flexibility index (Phi) is 3.70. The molecule has 140 valence electrons. The number of rotatable bonds is 2. The van der Waals surface area contributed by atoms with Crippen LogP contribution in [0, 0.1) is 0 Å². The molecule has 1 amide bonds. The highest BCUT2D eigenvalue weighted by Crippen LogP contribution is 2.41. The van der Waals surface area contributed by atoms with Crippen molar-refractivity contribution in [1.82, 2.24) is 25.3 Å². The molecule has 0 radical (unpaired) electrons. The Bertz CT molecular complexity index is 1270. The molecule has 1 aromatic carbocycles. The van der Waals surface area contributed by atoms with Crippen LogP contribution in [0.5, 0.6) is 0 Å². The number of carbonyl (C=O) groups is 1. The quantitative estimate of drug-likeness (QED) is 0.548. The number of nitrogens with zero attached hydrogens (tertiary/aromatic N) is 4. The van der Waals surface area contributed by atoms with Crippen molar-refractivity contribution < 1.29 is 4.79 Å². The van der Waals surface area contributed by atoms with E-state index in [2.05, 4.69) is 27.5 Å². The molecule has 0 unspecified atom stereocenters. The van der Waals surface area contributed by atoms with Gasteiger partial charge in [-0.1, -0.05) is 11.8 Å². The van der Waals surface area contributed by atoms with Gasteiger partial charge in [0.05, 0.1) is 22.6 Å². The normalized spacial score (nSPS) is 16.5. The Hall–Kier alpha value is -3.26. The van der Waals surface area contributed by atoms with E-state index in [1.165, 1.54) is 11.3 Å². The maximum Gasteiger partial charge on any atom is 0.263 e. The van der Waals surface area contributed by atoms with Gasteiger partial charge in [0.15, 0.2) is 0 Å². The van der Waals surface area contributed by atoms with Gasteiger partial charge in [-0.3, -0.25) is 4.79 Å². The van der Waals surface area contributed by atoms with Crippen molar-refractivity contribution in [3.8, 4) is 11.4 Å². The molecule has 1 atom stereocenters. The second-order valence-electron chi connectivity index (χ2n) is 6.91. The molecule has 1 aliphatic heterocycles. The first-order valence-corrected chi connectivity index (χ1v) is 9.82. The van der Waals surface area contributed by atoms with Crippen molar-refractivity contribution in [2.45, 2.75) is 13.0 Å². The fourth-order valence-electron chi connectivity index (χ4n) is 3.63. The molecule has 0 bridgehead atoms. The molecule has 0 fully saturated rings. The molecule has 5 rings (SSSR count). The minimum atomic E-state index is -0.0263. The van der Waals surface area contributed by atoms with Gasteiger partial charge in [0.1, 0.15) is 10.6 Å². The average Bonchev–Trinajstić information content (AvgIpc) is 3.22. The van der Waals surface area contributed by atoms with E-state index in [1.54, 1.807) is 10.8 Å². The molecule has 28 heavy (non-hydrogen) atoms. The third-order valence-corrected chi connectivity index (χ3v) is 6.15. The summed E-state index contributed by atoms with van der Waals surface area (Å²) in [6.07, 6.45) is 1.73. The molecule has 2 N–H and O–H groups in total. The van der Waals surface area contributed by atoms with Crippen molar-refractivity contribution in [3.05, 3.63) is 41.4 Å². The number of hydrogen-bond acceptors (Lipinski definition) is 6. The van der Waals surface area contributed by atoms with Gasteiger partial charge in [-0.15, -0.1) is 16.4 Å². The van der Waals surface area contributed by atoms with Gasteiger partial charge in [0.25, 0.3) is 5.91 Å². The molecule has 0 aliphatic carbocycles. The molecule has 4 heterocycles. The number of amides is 1. The van der Waals surface area contributed by atoms with Crippen LogP contribution in [-0.2, 0) is 7.05 Å². The Morgan fingerprint density at radius 3 is 3.00 bits per heavy atom. The predicted molar refractivity (Wildman–Crippen MR) is 113 cm³/mol. The highest BCUT2D eigenvalue weighted by atomic mass is 32.1. The Morgan fingerprint density at radius 2 is 2.18 bits per heavy atom. The van der Waals surface area contributed by atoms with Crippen LogP contribution in [0.4, 0.5) is 5.69 Å². The summed E-state index contributed by atoms with van der Waals surface area (Å²) in [6.45, 7) is 6.53. The largest absolute Gasteiger partial charge is 0.381 e. The molecular formula is C20H18N6OS. The fraction of sp³-hybridized carbons (Fsp3) is 0.200. The number of pyridine rings is 1. The first kappa shape index (κ1) is 16.9. The van der Waals surface area contributed by atoms with E-state index in [4.69, 9.17) is 4.98 Å². The fourth-order valence-corrected chi connectivity index (χ4v) is 4.73. The zero-order chi connectivity index (χ0) is 19.4. The summed E-state index contributed by atoms with van der Waals surface area (Å²) >= 11 is 1.51. The summed E-state index contributed by atoms with van der Waals surface area (Å²) < 4.78 is 2.75. The van der Waals surface area contributed by atoms with E-state index >= 15 is 0 Å². The van der Waals surface area contributed by atoms with Crippen molar-refractivity contribution in [2.24, 2.45) is 7.05 Å². The smallest absolute Gasteiger partial charge is 0.263 e. The Morgan fingerprint density at radius 1 is 1.32 bits per heavy atom. The number of fused-ring (bicyclic) bond motifs is 5. The van der Waals surface area contributed by atoms with Gasteiger partial charge >= 0.3 is 0 Å². The number of hydrogen-bond donors (Lipinski definition) is 2. The van der Waals surface area contributed by atoms with Crippen LogP contribution in [0.1, 0.15) is 22.3 Å². The zero-order valence-electron chi connectivity index (χ0n) is 15.5. The summed E-state index contributed by atoms with van der Waals surface area (Å²) in [4.78, 5) is 18.1. The molecule has 3 aromatic heterocycles. The van der Waals surface area contributed by atoms with E-state index in [9.17, 15) is 4.79 Å². The second kappa shape index (κ2) is 6.13. The van der Waals surface area contributed by atoms with Gasteiger partial charge in [-0.25, -0.2) is 9.67 Å². The number of aryl methyl sites for hydroxylation is 1. The molecule has 0 saturated carbocycles. The van der Waals surface area contributed by atoms with E-state index in [-0.39, 0.29) is 11.9 Å². The van der Waals surface area contributed by atoms with Crippen LogP contribution >= 0.6 is 11.3 Å². The van der Waals surface area contributed by atoms with Crippen LogP contribution in [0.3, 0.4) is 0 Å². The van der Waals surface area contributed by atoms with E-state index in [1.807, 2.05) is 38.2 Å². The number of aromatic nitrogens is 4. The van der Waals surface area contributed by atoms with Crippen LogP contribution < -0.4 is 10.6 Å². The minimum absolute atomic E-state index is 0.0263. The zero-order valence-corrected chi connectivity index (χ0v) is 16.3. The molecule has 0 saturated heterocycles. The summed E-state index contributed by atoms with van der Waals surface area (Å²) in [5, 5.41) is 16.8. The number of carbonyl (C=O) groups excluding carboxylic acids is 1. The van der Waals surface area contributed by atoms with Crippen molar-refractivity contribution in [3.63, 3.8) is 0 Å². The van der Waals surface area contributed by atoms with Crippen molar-refractivity contribution in [2.75, 3.05) is 11.9 Å². The van der Waals surface area contributed by atoms with E-state index < -0.39 is 0 Å². The van der Waals surface area contributed by atoms with Gasteiger partial charge in [-0.05, 0) is 37.3 Å². The lowest BCUT2D eigenvalue weighted by molar-refractivity contribution is 0.0949. The maximum absolute atomic E-state index is 12.6. The number of nitrogens with one attached hydrogen (secondary N) is 2. The molecule has 0 spiro atoms. The summed E-state index contributed by atoms with van der Waals surface area (Å²) in [5.74, 6) is -0.0263. The molecule has 7 nitrogen and oxygen atoms in total. The standard InChI is InChI=1S/C20H18N6OS/c1-4-14-17(24-25-26(14)3)13-6-5-11-12(23-13)7-8-15-16(11)18-19(28-15)20(27)22-10(2)9-21-18/h4-8,10,21H,1,9H2,2-3H3,(H,22,27)/t10-/m1/s1. The van der Waals surface area contributed by atoms with Crippen LogP contribution in [0.15, 0.2) is 30.8 Å². The van der Waals surface area contributed by atoms with Gasteiger partial charge in [0, 0.05) is 35.1 Å². The molecule has 1 aliphatic rings. The number of anilines is 1. The van der Waals surface area contributed by atoms with Crippen LogP contribution in [-0.4, -0.2) is 38.5 Å². The third-order valence-electron chi connectivity index (χ3n) is 5.00. The predicted octanol–water partition coefficient (Wildman–Crippen LogP) is 3.43. The third kappa shape index (κ3) is 2.41. The highest BCUT2D eigenvalue weighted by molar-refractivity contribution is 7.21. The van der Waals surface area contributed by atoms with E-state index in [0.717, 1.165) is 42.9 Å².